The van der Waals surface area contributed by atoms with Gasteiger partial charge in [-0.2, -0.15) is 0 Å². The predicted octanol–water partition coefficient (Wildman–Crippen LogP) is 4.78. The highest BCUT2D eigenvalue weighted by Gasteiger charge is 2.25. The SMILES string of the molecule is O=C(/C=C/c1cccc([N+](=O)[O-])c1)O[C@@H](C(=O)c1ccccc1)c1ccccc1. The van der Waals surface area contributed by atoms with Crippen LogP contribution in [0.3, 0.4) is 0 Å². The molecule has 0 saturated carbocycles. The predicted molar refractivity (Wildman–Crippen MR) is 108 cm³/mol. The van der Waals surface area contributed by atoms with Crippen molar-refractivity contribution in [1.82, 2.24) is 0 Å². The first kappa shape index (κ1) is 19.7. The molecule has 0 amide bonds. The maximum Gasteiger partial charge on any atom is 0.331 e. The van der Waals surface area contributed by atoms with E-state index in [-0.39, 0.29) is 11.5 Å². The number of Topliss-reactive ketones (excluding diaryl/α,β-unsaturated/α-hetero) is 1. The lowest BCUT2D eigenvalue weighted by atomic mass is 10.00. The fourth-order valence-electron chi connectivity index (χ4n) is 2.72. The largest absolute Gasteiger partial charge is 0.446 e. The van der Waals surface area contributed by atoms with Crippen LogP contribution in [-0.2, 0) is 9.53 Å². The van der Waals surface area contributed by atoms with E-state index >= 15 is 0 Å². The van der Waals surface area contributed by atoms with Crippen LogP contribution in [0.25, 0.3) is 6.08 Å². The summed E-state index contributed by atoms with van der Waals surface area (Å²) in [6.07, 6.45) is 1.46. The number of non-ortho nitro benzene ring substituents is 1. The van der Waals surface area contributed by atoms with E-state index in [0.29, 0.717) is 16.7 Å². The molecule has 0 spiro atoms. The number of ketones is 1. The molecule has 3 rings (SSSR count). The minimum atomic E-state index is -1.10. The molecule has 0 unspecified atom stereocenters. The molecule has 0 aliphatic rings. The number of hydrogen-bond donors (Lipinski definition) is 0. The Kier molecular flexibility index (Phi) is 6.27. The van der Waals surface area contributed by atoms with Gasteiger partial charge >= 0.3 is 5.97 Å². The van der Waals surface area contributed by atoms with Gasteiger partial charge in [-0.15, -0.1) is 0 Å². The van der Waals surface area contributed by atoms with E-state index in [1.807, 2.05) is 0 Å². The van der Waals surface area contributed by atoms with Gasteiger partial charge in [0.1, 0.15) is 0 Å². The third kappa shape index (κ3) is 5.23. The number of nitro benzene ring substituents is 1. The van der Waals surface area contributed by atoms with E-state index in [1.54, 1.807) is 66.7 Å². The molecule has 3 aromatic carbocycles. The molecular weight excluding hydrogens is 370 g/mol. The van der Waals surface area contributed by atoms with Crippen molar-refractivity contribution in [3.63, 3.8) is 0 Å². The lowest BCUT2D eigenvalue weighted by molar-refractivity contribution is -0.384. The molecule has 0 fully saturated rings. The Bertz CT molecular complexity index is 1050. The van der Waals surface area contributed by atoms with Crippen molar-refractivity contribution in [2.75, 3.05) is 0 Å². The van der Waals surface area contributed by atoms with Gasteiger partial charge in [-0.25, -0.2) is 4.79 Å². The minimum absolute atomic E-state index is 0.0815. The van der Waals surface area contributed by atoms with Crippen LogP contribution >= 0.6 is 0 Å². The molecule has 0 radical (unpaired) electrons. The van der Waals surface area contributed by atoms with E-state index in [4.69, 9.17) is 4.74 Å². The molecule has 0 aliphatic heterocycles. The molecule has 0 bridgehead atoms. The number of hydrogen-bond acceptors (Lipinski definition) is 5. The summed E-state index contributed by atoms with van der Waals surface area (Å²) in [5.41, 5.74) is 1.37. The standard InChI is InChI=1S/C23H17NO5/c25-21(15-14-17-8-7-13-20(16-17)24(27)28)29-23(19-11-5-2-6-12-19)22(26)18-9-3-1-4-10-18/h1-16,23H/b15-14+/t23-/m1/s1. The van der Waals surface area contributed by atoms with E-state index < -0.39 is 17.0 Å². The van der Waals surface area contributed by atoms with Crippen LogP contribution in [-0.4, -0.2) is 16.7 Å². The second-order valence-electron chi connectivity index (χ2n) is 6.14. The van der Waals surface area contributed by atoms with Crippen LogP contribution in [0.15, 0.2) is 91.0 Å². The lowest BCUT2D eigenvalue weighted by Gasteiger charge is -2.16. The van der Waals surface area contributed by atoms with Gasteiger partial charge < -0.3 is 4.74 Å². The van der Waals surface area contributed by atoms with Gasteiger partial charge in [0.25, 0.3) is 5.69 Å². The Morgan fingerprint density at radius 3 is 2.21 bits per heavy atom. The van der Waals surface area contributed by atoms with E-state index in [9.17, 15) is 19.7 Å². The highest BCUT2D eigenvalue weighted by Crippen LogP contribution is 2.23. The normalized spacial score (nSPS) is 11.7. The van der Waals surface area contributed by atoms with Gasteiger partial charge in [-0.1, -0.05) is 72.8 Å². The Morgan fingerprint density at radius 2 is 1.55 bits per heavy atom. The van der Waals surface area contributed by atoms with Crippen molar-refractivity contribution < 1.29 is 19.2 Å². The van der Waals surface area contributed by atoms with E-state index in [1.165, 1.54) is 24.3 Å². The molecule has 0 aromatic heterocycles. The van der Waals surface area contributed by atoms with Crippen LogP contribution in [0, 0.1) is 10.1 Å². The monoisotopic (exact) mass is 387 g/mol. The number of benzene rings is 3. The molecule has 29 heavy (non-hydrogen) atoms. The second-order valence-corrected chi connectivity index (χ2v) is 6.14. The summed E-state index contributed by atoms with van der Waals surface area (Å²) < 4.78 is 5.44. The summed E-state index contributed by atoms with van der Waals surface area (Å²) in [6.45, 7) is 0. The van der Waals surface area contributed by atoms with Gasteiger partial charge in [0, 0.05) is 29.3 Å². The molecule has 3 aromatic rings. The average Bonchev–Trinajstić information content (AvgIpc) is 2.77. The third-order valence-corrected chi connectivity index (χ3v) is 4.13. The fourth-order valence-corrected chi connectivity index (χ4v) is 2.72. The quantitative estimate of drug-likeness (QED) is 0.191. The van der Waals surface area contributed by atoms with Gasteiger partial charge in [-0.3, -0.25) is 14.9 Å². The first-order chi connectivity index (χ1) is 14.0. The zero-order valence-electron chi connectivity index (χ0n) is 15.3. The number of carbonyl (C=O) groups excluding carboxylic acids is 2. The first-order valence-corrected chi connectivity index (χ1v) is 8.82. The van der Waals surface area contributed by atoms with Gasteiger partial charge in [0.2, 0.25) is 5.78 Å². The molecule has 0 N–H and O–H groups in total. The lowest BCUT2D eigenvalue weighted by Crippen LogP contribution is -2.19. The number of nitro groups is 1. The summed E-state index contributed by atoms with van der Waals surface area (Å²) in [4.78, 5) is 35.6. The molecule has 6 nitrogen and oxygen atoms in total. The molecule has 0 saturated heterocycles. The van der Waals surface area contributed by atoms with Crippen LogP contribution < -0.4 is 0 Å². The molecule has 6 heteroatoms. The van der Waals surface area contributed by atoms with Crippen molar-refractivity contribution in [2.45, 2.75) is 6.10 Å². The zero-order valence-corrected chi connectivity index (χ0v) is 15.3. The molecule has 0 aliphatic carbocycles. The fraction of sp³-hybridized carbons (Fsp3) is 0.0435. The van der Waals surface area contributed by atoms with E-state index in [0.717, 1.165) is 6.08 Å². The van der Waals surface area contributed by atoms with Crippen LogP contribution in [0.1, 0.15) is 27.6 Å². The number of rotatable bonds is 7. The van der Waals surface area contributed by atoms with Crippen molar-refractivity contribution >= 4 is 23.5 Å². The Hall–Kier alpha value is -4.06. The summed E-state index contributed by atoms with van der Waals surface area (Å²) in [6, 6.07) is 23.2. The van der Waals surface area contributed by atoms with Crippen molar-refractivity contribution in [1.29, 1.82) is 0 Å². The molecule has 0 heterocycles. The number of nitrogens with zero attached hydrogens (tertiary/aromatic N) is 1. The average molecular weight is 387 g/mol. The van der Waals surface area contributed by atoms with Gasteiger partial charge in [0.05, 0.1) is 4.92 Å². The minimum Gasteiger partial charge on any atom is -0.446 e. The zero-order chi connectivity index (χ0) is 20.6. The highest BCUT2D eigenvalue weighted by molar-refractivity contribution is 6.01. The summed E-state index contributed by atoms with van der Waals surface area (Å²) in [7, 11) is 0. The maximum absolute atomic E-state index is 12.9. The Labute approximate surface area is 167 Å². The highest BCUT2D eigenvalue weighted by atomic mass is 16.6. The number of ether oxygens (including phenoxy) is 1. The van der Waals surface area contributed by atoms with E-state index in [2.05, 4.69) is 0 Å². The topological polar surface area (TPSA) is 86.5 Å². The number of esters is 1. The first-order valence-electron chi connectivity index (χ1n) is 8.82. The smallest absolute Gasteiger partial charge is 0.331 e. The molecule has 144 valence electrons. The van der Waals surface area contributed by atoms with Crippen LogP contribution in [0.4, 0.5) is 5.69 Å². The maximum atomic E-state index is 12.9. The Balaban J connectivity index is 1.80. The second kappa shape index (κ2) is 9.23. The van der Waals surface area contributed by atoms with Crippen LogP contribution in [0.2, 0.25) is 0 Å². The summed E-state index contributed by atoms with van der Waals surface area (Å²) in [5, 5.41) is 10.9. The van der Waals surface area contributed by atoms with Crippen molar-refractivity contribution in [3.8, 4) is 0 Å². The third-order valence-electron chi connectivity index (χ3n) is 4.13. The molecular formula is C23H17NO5. The van der Waals surface area contributed by atoms with Crippen LogP contribution in [0.5, 0.6) is 0 Å². The Morgan fingerprint density at radius 1 is 0.897 bits per heavy atom. The van der Waals surface area contributed by atoms with Crippen molar-refractivity contribution in [3.05, 3.63) is 118 Å². The molecule has 1 atom stereocenters. The summed E-state index contributed by atoms with van der Waals surface area (Å²) >= 11 is 0. The number of carbonyl (C=O) groups is 2. The van der Waals surface area contributed by atoms with Gasteiger partial charge in [0.15, 0.2) is 6.10 Å². The van der Waals surface area contributed by atoms with Crippen molar-refractivity contribution in [2.24, 2.45) is 0 Å². The summed E-state index contributed by atoms with van der Waals surface area (Å²) in [5.74, 6) is -1.07. The van der Waals surface area contributed by atoms with Gasteiger partial charge in [-0.05, 0) is 11.6 Å².